The molecular weight excluding hydrogens is 326 g/mol. The molecule has 0 N–H and O–H groups in total. The van der Waals surface area contributed by atoms with Crippen LogP contribution in [0, 0.1) is 6.92 Å². The fraction of sp³-hybridized carbons (Fsp3) is 0.192. The van der Waals surface area contributed by atoms with Crippen LogP contribution in [0.25, 0.3) is 33.3 Å². The quantitative estimate of drug-likeness (QED) is 0.374. The molecule has 1 heteroatoms. The van der Waals surface area contributed by atoms with Gasteiger partial charge in [0.2, 0.25) is 11.2 Å². The lowest BCUT2D eigenvalue weighted by Crippen LogP contribution is -2.32. The normalized spacial score (nSPS) is 14.2. The predicted molar refractivity (Wildman–Crippen MR) is 113 cm³/mol. The Kier molecular flexibility index (Phi) is 3.33. The molecule has 3 aromatic carbocycles. The number of fused-ring (bicyclic) bond motifs is 4. The lowest BCUT2D eigenvalue weighted by atomic mass is 9.81. The summed E-state index contributed by atoms with van der Waals surface area (Å²) >= 11 is 0. The summed E-state index contributed by atoms with van der Waals surface area (Å²) in [5.74, 6) is 0. The van der Waals surface area contributed by atoms with Crippen molar-refractivity contribution in [1.82, 2.24) is 0 Å². The third kappa shape index (κ3) is 2.21. The summed E-state index contributed by atoms with van der Waals surface area (Å²) in [6.45, 7) is 6.92. The lowest BCUT2D eigenvalue weighted by molar-refractivity contribution is -0.633. The van der Waals surface area contributed by atoms with Gasteiger partial charge in [0.1, 0.15) is 7.05 Å². The van der Waals surface area contributed by atoms with Gasteiger partial charge in [-0.25, -0.2) is 0 Å². The molecule has 27 heavy (non-hydrogen) atoms. The number of rotatable bonds is 1. The maximum absolute atomic E-state index is 2.43. The molecule has 0 fully saturated rings. The summed E-state index contributed by atoms with van der Waals surface area (Å²) < 4.78 is 2.32. The zero-order valence-corrected chi connectivity index (χ0v) is 16.4. The molecule has 1 aromatic heterocycles. The van der Waals surface area contributed by atoms with Gasteiger partial charge in [0.15, 0.2) is 0 Å². The van der Waals surface area contributed by atoms with E-state index >= 15 is 0 Å². The van der Waals surface area contributed by atoms with Crippen LogP contribution < -0.4 is 4.57 Å². The number of hydrogen-bond acceptors (Lipinski definition) is 0. The van der Waals surface area contributed by atoms with Crippen molar-refractivity contribution in [3.63, 3.8) is 0 Å². The molecule has 1 aliphatic carbocycles. The Morgan fingerprint density at radius 1 is 0.704 bits per heavy atom. The van der Waals surface area contributed by atoms with Gasteiger partial charge in [-0.1, -0.05) is 56.3 Å². The number of benzene rings is 3. The SMILES string of the molecule is Cc1cc2c(cc1-c1ccc3ccccc3[n+]1C)C(C)(C)c1ccccc1-2. The number of hydrogen-bond donors (Lipinski definition) is 0. The highest BCUT2D eigenvalue weighted by molar-refractivity contribution is 5.85. The molecule has 1 aliphatic rings. The van der Waals surface area contributed by atoms with Crippen LogP contribution in [0.1, 0.15) is 30.5 Å². The number of pyridine rings is 1. The molecule has 5 rings (SSSR count). The van der Waals surface area contributed by atoms with E-state index < -0.39 is 0 Å². The topological polar surface area (TPSA) is 3.88 Å². The van der Waals surface area contributed by atoms with Gasteiger partial charge in [0.05, 0.1) is 0 Å². The van der Waals surface area contributed by atoms with Crippen LogP contribution in [0.2, 0.25) is 0 Å². The standard InChI is InChI=1S/C26H24N/c1-17-15-21-19-10-6-7-11-22(19)26(2,3)23(21)16-20(17)25-14-13-18-9-5-8-12-24(18)27(25)4/h5-16H,1-4H3/q+1. The number of para-hydroxylation sites is 1. The second kappa shape index (κ2) is 5.53. The van der Waals surface area contributed by atoms with Crippen LogP contribution in [-0.4, -0.2) is 0 Å². The van der Waals surface area contributed by atoms with Crippen molar-refractivity contribution in [2.45, 2.75) is 26.2 Å². The van der Waals surface area contributed by atoms with Gasteiger partial charge in [-0.15, -0.1) is 0 Å². The molecule has 0 bridgehead atoms. The molecule has 0 atom stereocenters. The first-order chi connectivity index (χ1) is 13.0. The number of aryl methyl sites for hydroxylation is 2. The lowest BCUT2D eigenvalue weighted by Gasteiger charge is -2.22. The van der Waals surface area contributed by atoms with Crippen molar-refractivity contribution in [2.75, 3.05) is 0 Å². The fourth-order valence-electron chi connectivity index (χ4n) is 4.75. The molecule has 0 amide bonds. The molecule has 132 valence electrons. The molecule has 1 nitrogen and oxygen atoms in total. The highest BCUT2D eigenvalue weighted by Gasteiger charge is 2.36. The van der Waals surface area contributed by atoms with E-state index in [1.54, 1.807) is 0 Å². The van der Waals surface area contributed by atoms with E-state index in [2.05, 4.69) is 105 Å². The van der Waals surface area contributed by atoms with E-state index in [0.29, 0.717) is 0 Å². The molecular formula is C26H24N+. The molecule has 4 aromatic rings. The Hall–Kier alpha value is -2.93. The highest BCUT2D eigenvalue weighted by Crippen LogP contribution is 2.50. The smallest absolute Gasteiger partial charge is 0.194 e. The average molecular weight is 350 g/mol. The zero-order chi connectivity index (χ0) is 18.8. The maximum Gasteiger partial charge on any atom is 0.213 e. The molecule has 0 spiro atoms. The molecule has 0 aliphatic heterocycles. The molecule has 0 radical (unpaired) electrons. The van der Waals surface area contributed by atoms with Crippen LogP contribution in [0.5, 0.6) is 0 Å². The van der Waals surface area contributed by atoms with Gasteiger partial charge in [-0.2, -0.15) is 4.57 Å². The minimum atomic E-state index is 0.0315. The summed E-state index contributed by atoms with van der Waals surface area (Å²) in [7, 11) is 2.17. The van der Waals surface area contributed by atoms with Crippen LogP contribution in [0.4, 0.5) is 0 Å². The summed E-state index contributed by atoms with van der Waals surface area (Å²) in [6, 6.07) is 26.7. The second-order valence-corrected chi connectivity index (χ2v) is 8.22. The zero-order valence-electron chi connectivity index (χ0n) is 16.4. The summed E-state index contributed by atoms with van der Waals surface area (Å²) in [4.78, 5) is 0. The monoisotopic (exact) mass is 350 g/mol. The van der Waals surface area contributed by atoms with Gasteiger partial charge < -0.3 is 0 Å². The van der Waals surface area contributed by atoms with Crippen LogP contribution in [0.3, 0.4) is 0 Å². The Balaban J connectivity index is 1.78. The average Bonchev–Trinajstić information content (AvgIpc) is 2.89. The Bertz CT molecular complexity index is 1210. The Morgan fingerprint density at radius 2 is 1.44 bits per heavy atom. The van der Waals surface area contributed by atoms with Gasteiger partial charge in [0.25, 0.3) is 0 Å². The van der Waals surface area contributed by atoms with Crippen molar-refractivity contribution in [2.24, 2.45) is 7.05 Å². The Labute approximate surface area is 160 Å². The van der Waals surface area contributed by atoms with E-state index in [9.17, 15) is 0 Å². The third-order valence-electron chi connectivity index (χ3n) is 6.28. The van der Waals surface area contributed by atoms with E-state index in [0.717, 1.165) is 0 Å². The maximum atomic E-state index is 2.43. The third-order valence-corrected chi connectivity index (χ3v) is 6.28. The van der Waals surface area contributed by atoms with Gasteiger partial charge >= 0.3 is 0 Å². The van der Waals surface area contributed by atoms with Crippen molar-refractivity contribution in [3.05, 3.63) is 89.5 Å². The van der Waals surface area contributed by atoms with E-state index in [1.807, 2.05) is 0 Å². The highest BCUT2D eigenvalue weighted by atomic mass is 14.9. The first kappa shape index (κ1) is 16.3. The van der Waals surface area contributed by atoms with Gasteiger partial charge in [-0.3, -0.25) is 0 Å². The second-order valence-electron chi connectivity index (χ2n) is 8.22. The van der Waals surface area contributed by atoms with Crippen LogP contribution >= 0.6 is 0 Å². The summed E-state index contributed by atoms with van der Waals surface area (Å²) in [5, 5.41) is 1.27. The molecule has 0 unspecified atom stereocenters. The minimum absolute atomic E-state index is 0.0315. The van der Waals surface area contributed by atoms with E-state index in [-0.39, 0.29) is 5.41 Å². The van der Waals surface area contributed by atoms with Crippen LogP contribution in [-0.2, 0) is 12.5 Å². The number of nitrogens with zero attached hydrogens (tertiary/aromatic N) is 1. The molecule has 1 heterocycles. The predicted octanol–water partition coefficient (Wildman–Crippen LogP) is 5.95. The number of aromatic nitrogens is 1. The summed E-state index contributed by atoms with van der Waals surface area (Å²) in [5.41, 5.74) is 10.8. The Morgan fingerprint density at radius 3 is 2.30 bits per heavy atom. The first-order valence-corrected chi connectivity index (χ1v) is 9.61. The van der Waals surface area contributed by atoms with Crippen molar-refractivity contribution < 1.29 is 4.57 Å². The van der Waals surface area contributed by atoms with Gasteiger partial charge in [-0.05, 0) is 52.9 Å². The van der Waals surface area contributed by atoms with Crippen LogP contribution in [0.15, 0.2) is 72.8 Å². The largest absolute Gasteiger partial charge is 0.213 e. The van der Waals surface area contributed by atoms with E-state index in [4.69, 9.17) is 0 Å². The minimum Gasteiger partial charge on any atom is -0.194 e. The molecule has 0 saturated carbocycles. The first-order valence-electron chi connectivity index (χ1n) is 9.61. The van der Waals surface area contributed by atoms with Crippen molar-refractivity contribution in [1.29, 1.82) is 0 Å². The fourth-order valence-corrected chi connectivity index (χ4v) is 4.75. The summed E-state index contributed by atoms with van der Waals surface area (Å²) in [6.07, 6.45) is 0. The molecule has 0 saturated heterocycles. The van der Waals surface area contributed by atoms with Gasteiger partial charge in [0, 0.05) is 28.5 Å². The van der Waals surface area contributed by atoms with Crippen molar-refractivity contribution >= 4 is 10.9 Å². The van der Waals surface area contributed by atoms with E-state index in [1.165, 1.54) is 50.0 Å². The van der Waals surface area contributed by atoms with Crippen molar-refractivity contribution in [3.8, 4) is 22.4 Å².